The van der Waals surface area contributed by atoms with Gasteiger partial charge in [-0.15, -0.1) is 0 Å². The molecular formula is C14H20O4. The van der Waals surface area contributed by atoms with E-state index in [2.05, 4.69) is 0 Å². The van der Waals surface area contributed by atoms with Crippen LogP contribution in [0.15, 0.2) is 18.2 Å². The average Bonchev–Trinajstić information content (AvgIpc) is 2.41. The average molecular weight is 252 g/mol. The first-order valence-corrected chi connectivity index (χ1v) is 6.35. The highest BCUT2D eigenvalue weighted by atomic mass is 16.5. The summed E-state index contributed by atoms with van der Waals surface area (Å²) >= 11 is 0. The van der Waals surface area contributed by atoms with Crippen LogP contribution in [0.5, 0.6) is 11.5 Å². The molecule has 2 rings (SSSR count). The summed E-state index contributed by atoms with van der Waals surface area (Å²) in [6, 6.07) is 5.76. The van der Waals surface area contributed by atoms with Crippen molar-refractivity contribution in [1.82, 2.24) is 0 Å². The molecule has 0 aliphatic carbocycles. The maximum absolute atomic E-state index is 8.97. The molecule has 1 N–H and O–H groups in total. The van der Waals surface area contributed by atoms with E-state index in [4.69, 9.17) is 19.3 Å². The maximum atomic E-state index is 8.97. The number of rotatable bonds is 5. The van der Waals surface area contributed by atoms with Crippen molar-refractivity contribution in [1.29, 1.82) is 0 Å². The van der Waals surface area contributed by atoms with Crippen LogP contribution in [0.25, 0.3) is 0 Å². The van der Waals surface area contributed by atoms with Gasteiger partial charge in [0.1, 0.15) is 6.10 Å². The lowest BCUT2D eigenvalue weighted by Gasteiger charge is -2.24. The molecule has 4 nitrogen and oxygen atoms in total. The Kier molecular flexibility index (Phi) is 4.84. The monoisotopic (exact) mass is 252 g/mol. The Bertz CT molecular complexity index is 372. The quantitative estimate of drug-likeness (QED) is 0.868. The number of hydrogen-bond donors (Lipinski definition) is 1. The van der Waals surface area contributed by atoms with Crippen molar-refractivity contribution in [3.8, 4) is 11.5 Å². The second kappa shape index (κ2) is 6.61. The molecule has 0 aromatic heterocycles. The lowest BCUT2D eigenvalue weighted by atomic mass is 10.1. The van der Waals surface area contributed by atoms with E-state index < -0.39 is 0 Å². The molecule has 4 heteroatoms. The predicted octanol–water partition coefficient (Wildman–Crippen LogP) is 1.79. The van der Waals surface area contributed by atoms with Gasteiger partial charge in [0.25, 0.3) is 0 Å². The zero-order chi connectivity index (χ0) is 12.8. The Morgan fingerprint density at radius 3 is 2.94 bits per heavy atom. The SMILES string of the molecule is COc1ccc(CCO)cc1OC1CCCOC1. The molecule has 1 atom stereocenters. The summed E-state index contributed by atoms with van der Waals surface area (Å²) in [6.07, 6.45) is 2.76. The molecule has 1 aromatic rings. The topological polar surface area (TPSA) is 47.9 Å². The number of hydrogen-bond acceptors (Lipinski definition) is 4. The molecule has 0 radical (unpaired) electrons. The largest absolute Gasteiger partial charge is 0.493 e. The second-order valence-corrected chi connectivity index (χ2v) is 4.42. The molecule has 1 aromatic carbocycles. The fourth-order valence-electron chi connectivity index (χ4n) is 2.08. The third kappa shape index (κ3) is 3.37. The van der Waals surface area contributed by atoms with Gasteiger partial charge >= 0.3 is 0 Å². The van der Waals surface area contributed by atoms with Gasteiger partial charge < -0.3 is 19.3 Å². The summed E-state index contributed by atoms with van der Waals surface area (Å²) < 4.78 is 16.6. The number of aliphatic hydroxyl groups is 1. The highest BCUT2D eigenvalue weighted by molar-refractivity contribution is 5.43. The Morgan fingerprint density at radius 2 is 2.28 bits per heavy atom. The van der Waals surface area contributed by atoms with E-state index in [0.29, 0.717) is 13.0 Å². The van der Waals surface area contributed by atoms with Gasteiger partial charge in [0.15, 0.2) is 11.5 Å². The smallest absolute Gasteiger partial charge is 0.161 e. The van der Waals surface area contributed by atoms with Gasteiger partial charge in [-0.25, -0.2) is 0 Å². The lowest BCUT2D eigenvalue weighted by molar-refractivity contribution is 0.00641. The van der Waals surface area contributed by atoms with Gasteiger partial charge in [0.05, 0.1) is 13.7 Å². The van der Waals surface area contributed by atoms with E-state index >= 15 is 0 Å². The molecule has 1 unspecified atom stereocenters. The van der Waals surface area contributed by atoms with Crippen LogP contribution in [0.3, 0.4) is 0 Å². The van der Waals surface area contributed by atoms with Crippen molar-refractivity contribution in [2.45, 2.75) is 25.4 Å². The third-order valence-corrected chi connectivity index (χ3v) is 3.04. The van der Waals surface area contributed by atoms with Crippen LogP contribution in [0.4, 0.5) is 0 Å². The van der Waals surface area contributed by atoms with Gasteiger partial charge in [-0.05, 0) is 37.0 Å². The summed E-state index contributed by atoms with van der Waals surface area (Å²) in [7, 11) is 1.63. The number of benzene rings is 1. The predicted molar refractivity (Wildman–Crippen MR) is 68.3 cm³/mol. The fraction of sp³-hybridized carbons (Fsp3) is 0.571. The van der Waals surface area contributed by atoms with E-state index in [1.165, 1.54) is 0 Å². The van der Waals surface area contributed by atoms with Crippen molar-refractivity contribution >= 4 is 0 Å². The Balaban J connectivity index is 2.09. The number of aliphatic hydroxyl groups excluding tert-OH is 1. The minimum atomic E-state index is 0.0945. The van der Waals surface area contributed by atoms with Gasteiger partial charge in [-0.1, -0.05) is 6.07 Å². The highest BCUT2D eigenvalue weighted by Crippen LogP contribution is 2.30. The number of ether oxygens (including phenoxy) is 3. The van der Waals surface area contributed by atoms with E-state index in [-0.39, 0.29) is 12.7 Å². The third-order valence-electron chi connectivity index (χ3n) is 3.04. The maximum Gasteiger partial charge on any atom is 0.161 e. The van der Waals surface area contributed by atoms with Crippen LogP contribution < -0.4 is 9.47 Å². The molecular weight excluding hydrogens is 232 g/mol. The zero-order valence-electron chi connectivity index (χ0n) is 10.7. The molecule has 0 saturated carbocycles. The summed E-state index contributed by atoms with van der Waals surface area (Å²) in [6.45, 7) is 1.59. The molecule has 18 heavy (non-hydrogen) atoms. The molecule has 1 aliphatic rings. The van der Waals surface area contributed by atoms with E-state index in [1.807, 2.05) is 18.2 Å². The molecule has 1 aliphatic heterocycles. The molecule has 0 amide bonds. The summed E-state index contributed by atoms with van der Waals surface area (Å²) in [5.74, 6) is 1.46. The summed E-state index contributed by atoms with van der Waals surface area (Å²) in [5, 5.41) is 8.97. The molecule has 100 valence electrons. The lowest BCUT2D eigenvalue weighted by Crippen LogP contribution is -2.28. The molecule has 1 fully saturated rings. The van der Waals surface area contributed by atoms with Crippen LogP contribution >= 0.6 is 0 Å². The van der Waals surface area contributed by atoms with Crippen molar-refractivity contribution in [2.24, 2.45) is 0 Å². The first kappa shape index (κ1) is 13.2. The van der Waals surface area contributed by atoms with Crippen molar-refractivity contribution < 1.29 is 19.3 Å². The van der Waals surface area contributed by atoms with E-state index in [9.17, 15) is 0 Å². The Labute approximate surface area is 107 Å². The highest BCUT2D eigenvalue weighted by Gasteiger charge is 2.17. The van der Waals surface area contributed by atoms with Crippen LogP contribution in [-0.2, 0) is 11.2 Å². The normalized spacial score (nSPS) is 19.6. The second-order valence-electron chi connectivity index (χ2n) is 4.42. The van der Waals surface area contributed by atoms with Gasteiger partial charge in [0, 0.05) is 13.2 Å². The molecule has 1 saturated heterocycles. The van der Waals surface area contributed by atoms with Gasteiger partial charge in [-0.3, -0.25) is 0 Å². The van der Waals surface area contributed by atoms with Crippen molar-refractivity contribution in [2.75, 3.05) is 26.9 Å². The van der Waals surface area contributed by atoms with Crippen LogP contribution in [0.1, 0.15) is 18.4 Å². The minimum absolute atomic E-state index is 0.0945. The summed E-state index contributed by atoms with van der Waals surface area (Å²) in [4.78, 5) is 0. The van der Waals surface area contributed by atoms with Crippen molar-refractivity contribution in [3.63, 3.8) is 0 Å². The molecule has 1 heterocycles. The zero-order valence-corrected chi connectivity index (χ0v) is 10.7. The van der Waals surface area contributed by atoms with E-state index in [0.717, 1.165) is 36.5 Å². The molecule has 0 bridgehead atoms. The Morgan fingerprint density at radius 1 is 1.39 bits per heavy atom. The fourth-order valence-corrected chi connectivity index (χ4v) is 2.08. The minimum Gasteiger partial charge on any atom is -0.493 e. The van der Waals surface area contributed by atoms with Gasteiger partial charge in [0.2, 0.25) is 0 Å². The van der Waals surface area contributed by atoms with Crippen LogP contribution in [0.2, 0.25) is 0 Å². The number of methoxy groups -OCH3 is 1. The van der Waals surface area contributed by atoms with Crippen LogP contribution in [-0.4, -0.2) is 38.1 Å². The first-order chi connectivity index (χ1) is 8.83. The van der Waals surface area contributed by atoms with E-state index in [1.54, 1.807) is 7.11 Å². The van der Waals surface area contributed by atoms with Crippen molar-refractivity contribution in [3.05, 3.63) is 23.8 Å². The van der Waals surface area contributed by atoms with Crippen LogP contribution in [0, 0.1) is 0 Å². The molecule has 0 spiro atoms. The Hall–Kier alpha value is -1.26. The summed E-state index contributed by atoms with van der Waals surface area (Å²) in [5.41, 5.74) is 1.05. The standard InChI is InChI=1S/C14H20O4/c1-16-13-5-4-11(6-7-15)9-14(13)18-12-3-2-8-17-10-12/h4-5,9,12,15H,2-3,6-8,10H2,1H3. The first-order valence-electron chi connectivity index (χ1n) is 6.35. The van der Waals surface area contributed by atoms with Gasteiger partial charge in [-0.2, -0.15) is 0 Å².